The Morgan fingerprint density at radius 3 is 2.71 bits per heavy atom. The highest BCUT2D eigenvalue weighted by Crippen LogP contribution is 2.26. The molecule has 2 aromatic rings. The van der Waals surface area contributed by atoms with Crippen LogP contribution in [0.15, 0.2) is 39.0 Å². The summed E-state index contributed by atoms with van der Waals surface area (Å²) in [5.41, 5.74) is 1.70. The number of hydrogen-bond acceptors (Lipinski definition) is 4. The molecule has 1 aromatic heterocycles. The van der Waals surface area contributed by atoms with E-state index >= 15 is 0 Å². The molecule has 4 nitrogen and oxygen atoms in total. The second kappa shape index (κ2) is 7.02. The molecule has 0 saturated carbocycles. The van der Waals surface area contributed by atoms with E-state index in [4.69, 9.17) is 0 Å². The quantitative estimate of drug-likeness (QED) is 0.799. The molecule has 1 heterocycles. The fourth-order valence-electron chi connectivity index (χ4n) is 2.03. The molecule has 1 aromatic carbocycles. The van der Waals surface area contributed by atoms with E-state index in [0.717, 1.165) is 20.5 Å². The van der Waals surface area contributed by atoms with Crippen LogP contribution in [0.5, 0.6) is 0 Å². The number of sulfonamides is 1. The monoisotopic (exact) mass is 388 g/mol. The Labute approximate surface area is 137 Å². The van der Waals surface area contributed by atoms with Gasteiger partial charge in [0.15, 0.2) is 0 Å². The average molecular weight is 389 g/mol. The van der Waals surface area contributed by atoms with Gasteiger partial charge in [0.1, 0.15) is 4.90 Å². The molecule has 0 aliphatic carbocycles. The van der Waals surface area contributed by atoms with Gasteiger partial charge in [-0.15, -0.1) is 11.3 Å². The Hall–Kier alpha value is -0.730. The minimum absolute atomic E-state index is 0.274. The summed E-state index contributed by atoms with van der Waals surface area (Å²) in [6.45, 7) is 2.64. The first kappa shape index (κ1) is 16.6. The Morgan fingerprint density at radius 1 is 1.29 bits per heavy atom. The van der Waals surface area contributed by atoms with Crippen LogP contribution in [-0.2, 0) is 23.1 Å². The third kappa shape index (κ3) is 4.14. The van der Waals surface area contributed by atoms with Gasteiger partial charge in [-0.05, 0) is 42.6 Å². The van der Waals surface area contributed by atoms with Crippen molar-refractivity contribution in [1.82, 2.24) is 10.0 Å². The second-order valence-corrected chi connectivity index (χ2v) is 8.24. The average Bonchev–Trinajstić information content (AvgIpc) is 2.79. The van der Waals surface area contributed by atoms with Crippen LogP contribution >= 0.6 is 27.3 Å². The smallest absolute Gasteiger partial charge is 0.242 e. The molecule has 0 atom stereocenters. The zero-order valence-corrected chi connectivity index (χ0v) is 15.0. The van der Waals surface area contributed by atoms with E-state index in [2.05, 4.69) is 26.0 Å². The standard InChI is InChI=1S/C14H17BrN2O2S2/c1-10-9-20-13(8-16-2)14(10)21(18,19)17-7-11-4-3-5-12(15)6-11/h3-6,9,16-17H,7-8H2,1-2H3. The van der Waals surface area contributed by atoms with Crippen molar-refractivity contribution in [2.24, 2.45) is 0 Å². The third-order valence-corrected chi connectivity index (χ3v) is 6.31. The topological polar surface area (TPSA) is 58.2 Å². The fourth-order valence-corrected chi connectivity index (χ4v) is 5.31. The summed E-state index contributed by atoms with van der Waals surface area (Å²) in [6.07, 6.45) is 0. The lowest BCUT2D eigenvalue weighted by Gasteiger charge is -2.09. The Kier molecular flexibility index (Phi) is 5.56. The van der Waals surface area contributed by atoms with E-state index in [9.17, 15) is 8.42 Å². The number of benzene rings is 1. The molecule has 0 aliphatic rings. The minimum Gasteiger partial charge on any atom is -0.315 e. The molecular weight excluding hydrogens is 372 g/mol. The number of hydrogen-bond donors (Lipinski definition) is 2. The zero-order valence-electron chi connectivity index (χ0n) is 11.8. The lowest BCUT2D eigenvalue weighted by atomic mass is 10.2. The number of rotatable bonds is 6. The molecule has 0 bridgehead atoms. The van der Waals surface area contributed by atoms with Crippen LogP contribution in [0.4, 0.5) is 0 Å². The first-order valence-corrected chi connectivity index (χ1v) is 9.55. The van der Waals surface area contributed by atoms with E-state index < -0.39 is 10.0 Å². The Balaban J connectivity index is 2.21. The highest BCUT2D eigenvalue weighted by atomic mass is 79.9. The summed E-state index contributed by atoms with van der Waals surface area (Å²) in [5, 5.41) is 4.88. The molecular formula is C14H17BrN2O2S2. The van der Waals surface area contributed by atoms with Crippen LogP contribution < -0.4 is 10.0 Å². The Bertz CT molecular complexity index is 726. The highest BCUT2D eigenvalue weighted by Gasteiger charge is 2.22. The van der Waals surface area contributed by atoms with Crippen molar-refractivity contribution in [3.63, 3.8) is 0 Å². The maximum Gasteiger partial charge on any atom is 0.242 e. The van der Waals surface area contributed by atoms with Gasteiger partial charge in [-0.1, -0.05) is 28.1 Å². The summed E-state index contributed by atoms with van der Waals surface area (Å²) >= 11 is 4.84. The van der Waals surface area contributed by atoms with Crippen LogP contribution in [0.25, 0.3) is 0 Å². The van der Waals surface area contributed by atoms with Gasteiger partial charge in [-0.2, -0.15) is 0 Å². The predicted octanol–water partition coefficient (Wildman–Crippen LogP) is 3.02. The molecule has 114 valence electrons. The van der Waals surface area contributed by atoms with Gasteiger partial charge >= 0.3 is 0 Å². The van der Waals surface area contributed by atoms with Gasteiger partial charge in [0.25, 0.3) is 0 Å². The minimum atomic E-state index is -3.51. The largest absolute Gasteiger partial charge is 0.315 e. The van der Waals surface area contributed by atoms with E-state index in [0.29, 0.717) is 11.4 Å². The SMILES string of the molecule is CNCc1scc(C)c1S(=O)(=O)NCc1cccc(Br)c1. The van der Waals surface area contributed by atoms with Gasteiger partial charge < -0.3 is 5.32 Å². The molecule has 21 heavy (non-hydrogen) atoms. The van der Waals surface area contributed by atoms with Crippen molar-refractivity contribution in [1.29, 1.82) is 0 Å². The molecule has 0 fully saturated rings. The van der Waals surface area contributed by atoms with Crippen molar-refractivity contribution in [3.05, 3.63) is 50.1 Å². The maximum absolute atomic E-state index is 12.5. The lowest BCUT2D eigenvalue weighted by Crippen LogP contribution is -2.25. The molecule has 0 amide bonds. The molecule has 0 aliphatic heterocycles. The molecule has 2 N–H and O–H groups in total. The first-order chi connectivity index (χ1) is 9.94. The van der Waals surface area contributed by atoms with E-state index in [1.54, 1.807) is 7.05 Å². The second-order valence-electron chi connectivity index (χ2n) is 4.66. The lowest BCUT2D eigenvalue weighted by molar-refractivity contribution is 0.579. The molecule has 7 heteroatoms. The third-order valence-electron chi connectivity index (χ3n) is 2.95. The summed E-state index contributed by atoms with van der Waals surface area (Å²) in [6, 6.07) is 7.59. The van der Waals surface area contributed by atoms with E-state index in [1.165, 1.54) is 11.3 Å². The van der Waals surface area contributed by atoms with Crippen LogP contribution in [0.1, 0.15) is 16.0 Å². The van der Waals surface area contributed by atoms with Gasteiger partial charge in [0.05, 0.1) is 0 Å². The van der Waals surface area contributed by atoms with Crippen molar-refractivity contribution in [3.8, 4) is 0 Å². The zero-order chi connectivity index (χ0) is 15.5. The van der Waals surface area contributed by atoms with Crippen molar-refractivity contribution < 1.29 is 8.42 Å². The van der Waals surface area contributed by atoms with Gasteiger partial charge in [-0.25, -0.2) is 13.1 Å². The summed E-state index contributed by atoms with van der Waals surface area (Å²) in [5.74, 6) is 0. The molecule has 2 rings (SSSR count). The van der Waals surface area contributed by atoms with Crippen molar-refractivity contribution in [2.45, 2.75) is 24.9 Å². The van der Waals surface area contributed by atoms with Crippen LogP contribution in [0.2, 0.25) is 0 Å². The van der Waals surface area contributed by atoms with Gasteiger partial charge in [0, 0.05) is 22.4 Å². The molecule has 0 spiro atoms. The normalized spacial score (nSPS) is 11.8. The number of halogens is 1. The summed E-state index contributed by atoms with van der Waals surface area (Å²) in [7, 11) is -1.70. The van der Waals surface area contributed by atoms with Crippen molar-refractivity contribution in [2.75, 3.05) is 7.05 Å². The highest BCUT2D eigenvalue weighted by molar-refractivity contribution is 9.10. The number of thiophene rings is 1. The number of aryl methyl sites for hydroxylation is 1. The predicted molar refractivity (Wildman–Crippen MR) is 90.0 cm³/mol. The van der Waals surface area contributed by atoms with E-state index in [1.807, 2.05) is 36.6 Å². The first-order valence-electron chi connectivity index (χ1n) is 6.39. The van der Waals surface area contributed by atoms with Gasteiger partial charge in [-0.3, -0.25) is 0 Å². The molecule has 0 unspecified atom stereocenters. The van der Waals surface area contributed by atoms with E-state index in [-0.39, 0.29) is 6.54 Å². The molecule has 0 radical (unpaired) electrons. The summed E-state index contributed by atoms with van der Waals surface area (Å²) < 4.78 is 28.7. The Morgan fingerprint density at radius 2 is 2.05 bits per heavy atom. The van der Waals surface area contributed by atoms with Crippen LogP contribution in [0.3, 0.4) is 0 Å². The summed E-state index contributed by atoms with van der Waals surface area (Å²) in [4.78, 5) is 1.23. The number of nitrogens with one attached hydrogen (secondary N) is 2. The maximum atomic E-state index is 12.5. The van der Waals surface area contributed by atoms with Crippen LogP contribution in [-0.4, -0.2) is 15.5 Å². The van der Waals surface area contributed by atoms with Gasteiger partial charge in [0.2, 0.25) is 10.0 Å². The van der Waals surface area contributed by atoms with Crippen LogP contribution in [0, 0.1) is 6.92 Å². The fraction of sp³-hybridized carbons (Fsp3) is 0.286. The van der Waals surface area contributed by atoms with Crippen molar-refractivity contribution >= 4 is 37.3 Å². The molecule has 0 saturated heterocycles.